The molecule has 1 aromatic rings. The molecule has 5 nitrogen and oxygen atoms in total. The highest BCUT2D eigenvalue weighted by atomic mass is 16.5. The highest BCUT2D eigenvalue weighted by molar-refractivity contribution is 5.77. The number of carbonyl (C=O) groups is 1. The summed E-state index contributed by atoms with van der Waals surface area (Å²) in [5.74, 6) is 1.07. The van der Waals surface area contributed by atoms with Crippen LogP contribution in [0.25, 0.3) is 0 Å². The quantitative estimate of drug-likeness (QED) is 0.889. The average molecular weight is 287 g/mol. The number of hydrogen-bond donors (Lipinski definition) is 1. The summed E-state index contributed by atoms with van der Waals surface area (Å²) >= 11 is 0. The van der Waals surface area contributed by atoms with Crippen LogP contribution in [-0.2, 0) is 4.79 Å². The van der Waals surface area contributed by atoms with Gasteiger partial charge in [0.05, 0.1) is 11.6 Å². The first-order valence-electron chi connectivity index (χ1n) is 7.25. The van der Waals surface area contributed by atoms with Crippen LogP contribution < -0.4 is 10.1 Å². The van der Waals surface area contributed by atoms with Gasteiger partial charge in [-0.2, -0.15) is 5.26 Å². The first-order valence-corrected chi connectivity index (χ1v) is 7.25. The van der Waals surface area contributed by atoms with Crippen molar-refractivity contribution in [1.82, 2.24) is 10.2 Å². The number of carbonyl (C=O) groups excluding carboxylic acids is 1. The normalized spacial score (nSPS) is 16.2. The van der Waals surface area contributed by atoms with Crippen LogP contribution in [0.3, 0.4) is 0 Å². The molecule has 1 amide bonds. The van der Waals surface area contributed by atoms with E-state index in [4.69, 9.17) is 10.00 Å². The monoisotopic (exact) mass is 287 g/mol. The number of benzene rings is 1. The highest BCUT2D eigenvalue weighted by Crippen LogP contribution is 2.15. The van der Waals surface area contributed by atoms with E-state index in [0.717, 1.165) is 32.5 Å². The van der Waals surface area contributed by atoms with Crippen LogP contribution in [0, 0.1) is 17.2 Å². The Morgan fingerprint density at radius 1 is 1.38 bits per heavy atom. The second-order valence-corrected chi connectivity index (χ2v) is 5.48. The second kappa shape index (κ2) is 7.65. The first kappa shape index (κ1) is 15.3. The molecule has 1 aliphatic rings. The molecule has 0 aromatic heterocycles. The van der Waals surface area contributed by atoms with Crippen LogP contribution in [0.5, 0.6) is 5.75 Å². The number of rotatable bonds is 5. The fourth-order valence-corrected chi connectivity index (χ4v) is 2.35. The zero-order chi connectivity index (χ0) is 15.1. The third kappa shape index (κ3) is 5.09. The van der Waals surface area contributed by atoms with Crippen molar-refractivity contribution in [3.05, 3.63) is 29.8 Å². The molecule has 0 bridgehead atoms. The van der Waals surface area contributed by atoms with Crippen molar-refractivity contribution in [2.24, 2.45) is 5.92 Å². The third-order valence-corrected chi connectivity index (χ3v) is 3.78. The Balaban J connectivity index is 1.66. The second-order valence-electron chi connectivity index (χ2n) is 5.48. The zero-order valence-electron chi connectivity index (χ0n) is 12.3. The number of ether oxygens (including phenoxy) is 1. The summed E-state index contributed by atoms with van der Waals surface area (Å²) in [6.07, 6.45) is 2.26. The van der Waals surface area contributed by atoms with Gasteiger partial charge in [-0.3, -0.25) is 4.79 Å². The van der Waals surface area contributed by atoms with Crippen LogP contribution >= 0.6 is 0 Å². The maximum absolute atomic E-state index is 11.7. The molecule has 1 heterocycles. The van der Waals surface area contributed by atoms with Crippen molar-refractivity contribution in [2.75, 3.05) is 33.3 Å². The van der Waals surface area contributed by atoms with Crippen LogP contribution in [0.4, 0.5) is 0 Å². The number of nitrogens with zero attached hydrogens (tertiary/aromatic N) is 2. The van der Waals surface area contributed by atoms with E-state index in [1.54, 1.807) is 24.3 Å². The maximum Gasteiger partial charge on any atom is 0.257 e. The van der Waals surface area contributed by atoms with Gasteiger partial charge < -0.3 is 15.0 Å². The first-order chi connectivity index (χ1) is 10.2. The number of nitriles is 1. The van der Waals surface area contributed by atoms with Crippen molar-refractivity contribution in [3.8, 4) is 11.8 Å². The van der Waals surface area contributed by atoms with E-state index >= 15 is 0 Å². The predicted molar refractivity (Wildman–Crippen MR) is 79.9 cm³/mol. The SMILES string of the molecule is CN1CCC(CNC(=O)COc2ccc(C#N)cc2)CC1. The highest BCUT2D eigenvalue weighted by Gasteiger charge is 2.17. The molecule has 1 aliphatic heterocycles. The lowest BCUT2D eigenvalue weighted by atomic mass is 9.97. The van der Waals surface area contributed by atoms with E-state index in [9.17, 15) is 4.79 Å². The molecule has 1 saturated heterocycles. The van der Waals surface area contributed by atoms with Crippen LogP contribution in [-0.4, -0.2) is 44.1 Å². The molecular weight excluding hydrogens is 266 g/mol. The number of amides is 1. The summed E-state index contributed by atoms with van der Waals surface area (Å²) in [7, 11) is 2.13. The molecule has 0 radical (unpaired) electrons. The van der Waals surface area contributed by atoms with Crippen LogP contribution in [0.15, 0.2) is 24.3 Å². The van der Waals surface area contributed by atoms with Crippen molar-refractivity contribution < 1.29 is 9.53 Å². The molecule has 112 valence electrons. The van der Waals surface area contributed by atoms with E-state index < -0.39 is 0 Å². The standard InChI is InChI=1S/C16H21N3O2/c1-19-8-6-14(7-9-19)11-18-16(20)12-21-15-4-2-13(10-17)3-5-15/h2-5,14H,6-9,11-12H2,1H3,(H,18,20). The molecule has 0 unspecified atom stereocenters. The number of piperidine rings is 1. The number of nitrogens with one attached hydrogen (secondary N) is 1. The fourth-order valence-electron chi connectivity index (χ4n) is 2.35. The minimum Gasteiger partial charge on any atom is -0.484 e. The van der Waals surface area contributed by atoms with E-state index in [-0.39, 0.29) is 12.5 Å². The average Bonchev–Trinajstić information content (AvgIpc) is 2.53. The lowest BCUT2D eigenvalue weighted by molar-refractivity contribution is -0.123. The molecule has 0 saturated carbocycles. The molecular formula is C16H21N3O2. The maximum atomic E-state index is 11.7. The van der Waals surface area contributed by atoms with Gasteiger partial charge in [0.1, 0.15) is 5.75 Å². The zero-order valence-corrected chi connectivity index (χ0v) is 12.3. The van der Waals surface area contributed by atoms with E-state index in [1.165, 1.54) is 0 Å². The Labute approximate surface area is 125 Å². The Kier molecular flexibility index (Phi) is 5.59. The smallest absolute Gasteiger partial charge is 0.257 e. The Morgan fingerprint density at radius 3 is 2.67 bits per heavy atom. The van der Waals surface area contributed by atoms with Crippen molar-refractivity contribution in [2.45, 2.75) is 12.8 Å². The van der Waals surface area contributed by atoms with Crippen LogP contribution in [0.2, 0.25) is 0 Å². The predicted octanol–water partition coefficient (Wildman–Crippen LogP) is 1.40. The van der Waals surface area contributed by atoms with Gasteiger partial charge in [-0.15, -0.1) is 0 Å². The third-order valence-electron chi connectivity index (χ3n) is 3.78. The Bertz CT molecular complexity index is 499. The molecule has 0 atom stereocenters. The summed E-state index contributed by atoms with van der Waals surface area (Å²) in [5.41, 5.74) is 0.578. The molecule has 5 heteroatoms. The fraction of sp³-hybridized carbons (Fsp3) is 0.500. The minimum atomic E-state index is -0.0988. The van der Waals surface area contributed by atoms with E-state index in [1.807, 2.05) is 6.07 Å². The van der Waals surface area contributed by atoms with Gasteiger partial charge in [0.25, 0.3) is 5.91 Å². The Hall–Kier alpha value is -2.06. The van der Waals surface area contributed by atoms with Gasteiger partial charge in [0.2, 0.25) is 0 Å². The van der Waals surface area contributed by atoms with Gasteiger partial charge in [-0.1, -0.05) is 0 Å². The molecule has 1 N–H and O–H groups in total. The molecule has 0 aliphatic carbocycles. The lowest BCUT2D eigenvalue weighted by Crippen LogP contribution is -2.38. The minimum absolute atomic E-state index is 0.0124. The lowest BCUT2D eigenvalue weighted by Gasteiger charge is -2.28. The summed E-state index contributed by atoms with van der Waals surface area (Å²) < 4.78 is 5.39. The van der Waals surface area contributed by atoms with Gasteiger partial charge in [-0.25, -0.2) is 0 Å². The van der Waals surface area contributed by atoms with Gasteiger partial charge in [0, 0.05) is 6.54 Å². The largest absolute Gasteiger partial charge is 0.484 e. The topological polar surface area (TPSA) is 65.4 Å². The van der Waals surface area contributed by atoms with Gasteiger partial charge in [0.15, 0.2) is 6.61 Å². The molecule has 2 rings (SSSR count). The molecule has 21 heavy (non-hydrogen) atoms. The van der Waals surface area contributed by atoms with E-state index in [2.05, 4.69) is 17.3 Å². The Morgan fingerprint density at radius 2 is 2.05 bits per heavy atom. The van der Waals surface area contributed by atoms with Gasteiger partial charge in [-0.05, 0) is 63.2 Å². The van der Waals surface area contributed by atoms with Crippen molar-refractivity contribution in [3.63, 3.8) is 0 Å². The number of likely N-dealkylation sites (tertiary alicyclic amines) is 1. The summed E-state index contributed by atoms with van der Waals surface area (Å²) in [5, 5.41) is 11.6. The van der Waals surface area contributed by atoms with E-state index in [0.29, 0.717) is 17.2 Å². The molecule has 1 fully saturated rings. The summed E-state index contributed by atoms with van der Waals surface area (Å²) in [6.45, 7) is 2.94. The molecule has 1 aromatic carbocycles. The summed E-state index contributed by atoms with van der Waals surface area (Å²) in [4.78, 5) is 14.1. The van der Waals surface area contributed by atoms with Gasteiger partial charge >= 0.3 is 0 Å². The summed E-state index contributed by atoms with van der Waals surface area (Å²) in [6, 6.07) is 8.78. The number of hydrogen-bond acceptors (Lipinski definition) is 4. The molecule has 0 spiro atoms. The van der Waals surface area contributed by atoms with Crippen molar-refractivity contribution >= 4 is 5.91 Å². The van der Waals surface area contributed by atoms with Crippen LogP contribution in [0.1, 0.15) is 18.4 Å². The van der Waals surface area contributed by atoms with Crippen molar-refractivity contribution in [1.29, 1.82) is 5.26 Å².